The number of carbonyl (C=O) groups excluding carboxylic acids is 1. The molecule has 0 saturated carbocycles. The van der Waals surface area contributed by atoms with E-state index in [4.69, 9.17) is 0 Å². The second kappa shape index (κ2) is 4.88. The zero-order chi connectivity index (χ0) is 14.0. The fourth-order valence-electron chi connectivity index (χ4n) is 1.84. The molecule has 19 heavy (non-hydrogen) atoms. The van der Waals surface area contributed by atoms with Crippen molar-refractivity contribution in [2.45, 2.75) is 13.1 Å². The lowest BCUT2D eigenvalue weighted by Crippen LogP contribution is -2.08. The highest BCUT2D eigenvalue weighted by atomic mass is 19.4. The van der Waals surface area contributed by atoms with Gasteiger partial charge in [-0.05, 0) is 24.6 Å². The van der Waals surface area contributed by atoms with E-state index in [1.165, 1.54) is 13.0 Å². The number of halogens is 3. The minimum absolute atomic E-state index is 0.271. The van der Waals surface area contributed by atoms with Gasteiger partial charge in [0.1, 0.15) is 0 Å². The summed E-state index contributed by atoms with van der Waals surface area (Å²) < 4.78 is 37.6. The van der Waals surface area contributed by atoms with E-state index in [0.717, 1.165) is 12.1 Å². The van der Waals surface area contributed by atoms with Crippen LogP contribution in [0.25, 0.3) is 0 Å². The molecular weight excluding hydrogens is 253 g/mol. The summed E-state index contributed by atoms with van der Waals surface area (Å²) in [5.74, 6) is -0.271. The Morgan fingerprint density at radius 3 is 2.16 bits per heavy atom. The molecule has 0 fully saturated rings. The fourth-order valence-corrected chi connectivity index (χ4v) is 1.84. The Labute approximate surface area is 108 Å². The third-order valence-corrected chi connectivity index (χ3v) is 2.83. The van der Waals surface area contributed by atoms with E-state index in [2.05, 4.69) is 0 Å². The van der Waals surface area contributed by atoms with Gasteiger partial charge in [-0.3, -0.25) is 4.79 Å². The highest BCUT2D eigenvalue weighted by Gasteiger charge is 2.31. The summed E-state index contributed by atoms with van der Waals surface area (Å²) in [6, 6.07) is 11.6. The third-order valence-electron chi connectivity index (χ3n) is 2.83. The maximum absolute atomic E-state index is 12.5. The third kappa shape index (κ3) is 2.84. The Bertz CT molecular complexity index is 601. The second-order valence-electron chi connectivity index (χ2n) is 4.22. The Morgan fingerprint density at radius 1 is 1.00 bits per heavy atom. The van der Waals surface area contributed by atoms with Crippen molar-refractivity contribution in [3.63, 3.8) is 0 Å². The van der Waals surface area contributed by atoms with Gasteiger partial charge in [0, 0.05) is 11.1 Å². The first-order valence-corrected chi connectivity index (χ1v) is 5.67. The van der Waals surface area contributed by atoms with Crippen LogP contribution >= 0.6 is 0 Å². The molecule has 0 radical (unpaired) electrons. The summed E-state index contributed by atoms with van der Waals surface area (Å²) in [5, 5.41) is 0. The number of ketones is 1. The predicted octanol–water partition coefficient (Wildman–Crippen LogP) is 4.24. The lowest BCUT2D eigenvalue weighted by molar-refractivity contribution is -0.137. The summed E-state index contributed by atoms with van der Waals surface area (Å²) >= 11 is 0. The van der Waals surface area contributed by atoms with Crippen LogP contribution < -0.4 is 0 Å². The number of benzene rings is 2. The van der Waals surface area contributed by atoms with Crippen molar-refractivity contribution < 1.29 is 18.0 Å². The molecule has 2 aromatic rings. The van der Waals surface area contributed by atoms with Crippen molar-refractivity contribution >= 4 is 5.78 Å². The number of aryl methyl sites for hydroxylation is 1. The van der Waals surface area contributed by atoms with Gasteiger partial charge >= 0.3 is 6.18 Å². The topological polar surface area (TPSA) is 17.1 Å². The molecule has 0 amide bonds. The Balaban J connectivity index is 2.40. The van der Waals surface area contributed by atoms with Crippen molar-refractivity contribution in [3.8, 4) is 0 Å². The van der Waals surface area contributed by atoms with E-state index in [0.29, 0.717) is 16.7 Å². The minimum atomic E-state index is -4.39. The molecule has 0 aliphatic heterocycles. The molecule has 0 aliphatic rings. The number of hydrogen-bond acceptors (Lipinski definition) is 1. The number of hydrogen-bond donors (Lipinski definition) is 0. The maximum atomic E-state index is 12.5. The Kier molecular flexibility index (Phi) is 3.42. The van der Waals surface area contributed by atoms with Crippen LogP contribution in [0.4, 0.5) is 13.2 Å². The van der Waals surface area contributed by atoms with E-state index >= 15 is 0 Å². The quantitative estimate of drug-likeness (QED) is 0.741. The first kappa shape index (κ1) is 13.3. The Hall–Kier alpha value is -2.10. The van der Waals surface area contributed by atoms with Gasteiger partial charge < -0.3 is 0 Å². The average Bonchev–Trinajstić information content (AvgIpc) is 2.38. The summed E-state index contributed by atoms with van der Waals surface area (Å²) in [6.45, 7) is 1.51. The van der Waals surface area contributed by atoms with Crippen LogP contribution in [0.15, 0.2) is 48.5 Å². The van der Waals surface area contributed by atoms with Crippen LogP contribution in [0.2, 0.25) is 0 Å². The van der Waals surface area contributed by atoms with Crippen LogP contribution in [0.5, 0.6) is 0 Å². The van der Waals surface area contributed by atoms with E-state index in [1.807, 2.05) is 0 Å². The van der Waals surface area contributed by atoms with Gasteiger partial charge in [0.2, 0.25) is 0 Å². The molecule has 0 heterocycles. The molecule has 0 spiro atoms. The lowest BCUT2D eigenvalue weighted by Gasteiger charge is -2.10. The van der Waals surface area contributed by atoms with Crippen molar-refractivity contribution in [2.24, 2.45) is 0 Å². The summed E-state index contributed by atoms with van der Waals surface area (Å²) in [5.41, 5.74) is 0.336. The molecule has 2 aromatic carbocycles. The van der Waals surface area contributed by atoms with Gasteiger partial charge in [0.05, 0.1) is 5.56 Å². The van der Waals surface area contributed by atoms with E-state index < -0.39 is 11.7 Å². The highest BCUT2D eigenvalue weighted by Crippen LogP contribution is 2.30. The number of alkyl halides is 3. The van der Waals surface area contributed by atoms with E-state index in [1.54, 1.807) is 30.3 Å². The van der Waals surface area contributed by atoms with Crippen molar-refractivity contribution in [3.05, 3.63) is 70.8 Å². The number of carbonyl (C=O) groups is 1. The SMILES string of the molecule is Cc1cc(C(F)(F)F)ccc1C(=O)c1ccccc1. The molecule has 2 rings (SSSR count). The van der Waals surface area contributed by atoms with E-state index in [-0.39, 0.29) is 5.78 Å². The largest absolute Gasteiger partial charge is 0.416 e. The lowest BCUT2D eigenvalue weighted by atomic mass is 9.97. The summed E-state index contributed by atoms with van der Waals surface area (Å²) in [4.78, 5) is 12.1. The molecule has 1 nitrogen and oxygen atoms in total. The molecule has 0 unspecified atom stereocenters. The molecule has 98 valence electrons. The Morgan fingerprint density at radius 2 is 1.63 bits per heavy atom. The molecule has 0 N–H and O–H groups in total. The highest BCUT2D eigenvalue weighted by molar-refractivity contribution is 6.09. The van der Waals surface area contributed by atoms with Crippen LogP contribution in [-0.2, 0) is 6.18 Å². The molecule has 0 aliphatic carbocycles. The average molecular weight is 264 g/mol. The zero-order valence-corrected chi connectivity index (χ0v) is 10.2. The smallest absolute Gasteiger partial charge is 0.289 e. The standard InChI is InChI=1S/C15H11F3O/c1-10-9-12(15(16,17)18)7-8-13(10)14(19)11-5-3-2-4-6-11/h2-9H,1H3. The van der Waals surface area contributed by atoms with Gasteiger partial charge in [-0.25, -0.2) is 0 Å². The molecule has 0 saturated heterocycles. The van der Waals surface area contributed by atoms with Gasteiger partial charge in [-0.1, -0.05) is 36.4 Å². The van der Waals surface area contributed by atoms with Crippen LogP contribution in [-0.4, -0.2) is 5.78 Å². The molecule has 0 atom stereocenters. The maximum Gasteiger partial charge on any atom is 0.416 e. The zero-order valence-electron chi connectivity index (χ0n) is 10.2. The monoisotopic (exact) mass is 264 g/mol. The minimum Gasteiger partial charge on any atom is -0.289 e. The first-order valence-electron chi connectivity index (χ1n) is 5.67. The van der Waals surface area contributed by atoms with Crippen molar-refractivity contribution in [1.29, 1.82) is 0 Å². The molecule has 4 heteroatoms. The van der Waals surface area contributed by atoms with Gasteiger partial charge in [0.15, 0.2) is 5.78 Å². The van der Waals surface area contributed by atoms with Crippen molar-refractivity contribution in [1.82, 2.24) is 0 Å². The molecule has 0 bridgehead atoms. The van der Waals surface area contributed by atoms with Gasteiger partial charge in [0.25, 0.3) is 0 Å². The molecule has 0 aromatic heterocycles. The van der Waals surface area contributed by atoms with Crippen molar-refractivity contribution in [2.75, 3.05) is 0 Å². The summed E-state index contributed by atoms with van der Waals surface area (Å²) in [7, 11) is 0. The van der Waals surface area contributed by atoms with E-state index in [9.17, 15) is 18.0 Å². The van der Waals surface area contributed by atoms with Gasteiger partial charge in [-0.15, -0.1) is 0 Å². The first-order chi connectivity index (χ1) is 8.89. The molecular formula is C15H11F3O. The summed E-state index contributed by atoms with van der Waals surface area (Å²) in [6.07, 6.45) is -4.39. The normalized spacial score (nSPS) is 11.4. The van der Waals surface area contributed by atoms with Crippen LogP contribution in [0.3, 0.4) is 0 Å². The predicted molar refractivity (Wildman–Crippen MR) is 66.1 cm³/mol. The van der Waals surface area contributed by atoms with Crippen LogP contribution in [0, 0.1) is 6.92 Å². The van der Waals surface area contributed by atoms with Crippen LogP contribution in [0.1, 0.15) is 27.0 Å². The number of rotatable bonds is 2. The van der Waals surface area contributed by atoms with Gasteiger partial charge in [-0.2, -0.15) is 13.2 Å². The second-order valence-corrected chi connectivity index (χ2v) is 4.22. The fraction of sp³-hybridized carbons (Fsp3) is 0.133.